The van der Waals surface area contributed by atoms with E-state index in [1.54, 1.807) is 0 Å². The van der Waals surface area contributed by atoms with Crippen molar-refractivity contribution in [2.45, 2.75) is 44.6 Å². The highest BCUT2D eigenvalue weighted by atomic mass is 19.1. The zero-order chi connectivity index (χ0) is 29.2. The number of aryl methyl sites for hydroxylation is 1. The second-order valence-corrected chi connectivity index (χ2v) is 11.2. The van der Waals surface area contributed by atoms with Gasteiger partial charge in [-0.25, -0.2) is 18.7 Å². The number of aliphatic hydroxyl groups is 1. The first-order chi connectivity index (χ1) is 19.6. The average Bonchev–Trinajstić information content (AvgIpc) is 3.50. The molecular weight excluding hydrogens is 534 g/mol. The van der Waals surface area contributed by atoms with Crippen molar-refractivity contribution in [2.75, 3.05) is 24.5 Å². The summed E-state index contributed by atoms with van der Waals surface area (Å²) in [6.45, 7) is 3.87. The number of carboxylic acid groups (broad SMARTS) is 1. The second kappa shape index (κ2) is 9.76. The van der Waals surface area contributed by atoms with Gasteiger partial charge in [0.05, 0.1) is 12.3 Å². The number of rotatable bonds is 7. The minimum absolute atomic E-state index is 0.0157. The van der Waals surface area contributed by atoms with Crippen molar-refractivity contribution in [1.29, 1.82) is 0 Å². The minimum atomic E-state index is -1.26. The Bertz CT molecular complexity index is 1580. The fourth-order valence-electron chi connectivity index (χ4n) is 7.50. The van der Waals surface area contributed by atoms with Crippen LogP contribution in [0.4, 0.5) is 14.5 Å². The van der Waals surface area contributed by atoms with E-state index in [2.05, 4.69) is 20.2 Å². The first kappa shape index (κ1) is 27.1. The summed E-state index contributed by atoms with van der Waals surface area (Å²) in [7, 11) is 0. The number of piperidine rings is 1. The van der Waals surface area contributed by atoms with E-state index in [0.717, 1.165) is 11.3 Å². The number of aliphatic carboxylic acids is 1. The van der Waals surface area contributed by atoms with Crippen LogP contribution in [-0.4, -0.2) is 56.8 Å². The zero-order valence-corrected chi connectivity index (χ0v) is 22.6. The van der Waals surface area contributed by atoms with Crippen molar-refractivity contribution in [1.82, 2.24) is 15.3 Å². The molecule has 0 radical (unpaired) electrons. The number of carbonyl (C=O) groups excluding carboxylic acids is 1. The van der Waals surface area contributed by atoms with Gasteiger partial charge < -0.3 is 25.5 Å². The molecule has 1 saturated heterocycles. The SMILES string of the molecule is Cc1nc(C(C)C2(C3C4=CC(F)=C3C(F)=C4)c3ccc(c(CO)c3)N3CCC2CC3)nc(C(=O)NCC(=O)O)c1O. The molecular formula is C30H30F2N4O5. The van der Waals surface area contributed by atoms with Gasteiger partial charge in [0.15, 0.2) is 11.4 Å². The maximum absolute atomic E-state index is 15.3. The molecule has 3 atom stereocenters. The monoisotopic (exact) mass is 564 g/mol. The minimum Gasteiger partial charge on any atom is -0.504 e. The van der Waals surface area contributed by atoms with E-state index < -0.39 is 53.1 Å². The van der Waals surface area contributed by atoms with Crippen LogP contribution in [0.5, 0.6) is 5.75 Å². The van der Waals surface area contributed by atoms with Crippen molar-refractivity contribution in [2.24, 2.45) is 11.8 Å². The van der Waals surface area contributed by atoms with E-state index in [9.17, 15) is 19.8 Å². The molecule has 7 aliphatic rings. The molecule has 214 valence electrons. The smallest absolute Gasteiger partial charge is 0.322 e. The molecule has 5 aliphatic heterocycles. The first-order valence-electron chi connectivity index (χ1n) is 13.6. The van der Waals surface area contributed by atoms with E-state index in [1.807, 2.05) is 25.1 Å². The lowest BCUT2D eigenvalue weighted by molar-refractivity contribution is -0.135. The van der Waals surface area contributed by atoms with Gasteiger partial charge in [-0.15, -0.1) is 0 Å². The number of allylic oxidation sites excluding steroid dienone is 6. The van der Waals surface area contributed by atoms with E-state index in [0.29, 0.717) is 37.1 Å². The fraction of sp³-hybridized carbons (Fsp3) is 0.400. The molecule has 0 saturated carbocycles. The van der Waals surface area contributed by atoms with E-state index in [1.165, 1.54) is 19.1 Å². The Morgan fingerprint density at radius 1 is 1.20 bits per heavy atom. The second-order valence-electron chi connectivity index (χ2n) is 11.2. The summed E-state index contributed by atoms with van der Waals surface area (Å²) in [5.74, 6) is -5.08. The van der Waals surface area contributed by atoms with Gasteiger partial charge >= 0.3 is 5.97 Å². The molecule has 1 aromatic heterocycles. The maximum Gasteiger partial charge on any atom is 0.322 e. The molecule has 9 nitrogen and oxygen atoms in total. The van der Waals surface area contributed by atoms with Gasteiger partial charge in [-0.2, -0.15) is 0 Å². The molecule has 6 heterocycles. The number of carboxylic acids is 1. The van der Waals surface area contributed by atoms with Crippen LogP contribution in [0.2, 0.25) is 0 Å². The first-order valence-corrected chi connectivity index (χ1v) is 13.6. The highest BCUT2D eigenvalue weighted by Gasteiger charge is 2.59. The van der Waals surface area contributed by atoms with E-state index >= 15 is 8.78 Å². The summed E-state index contributed by atoms with van der Waals surface area (Å²) in [6.07, 6.45) is 4.15. The van der Waals surface area contributed by atoms with Gasteiger partial charge in [0.25, 0.3) is 5.91 Å². The third kappa shape index (κ3) is 3.97. The number of anilines is 1. The lowest BCUT2D eigenvalue weighted by atomic mass is 9.52. The van der Waals surface area contributed by atoms with Crippen LogP contribution >= 0.6 is 0 Å². The molecule has 2 aromatic rings. The molecule has 1 amide bonds. The number of hydrogen-bond donors (Lipinski definition) is 4. The molecule has 2 aliphatic carbocycles. The third-order valence-corrected chi connectivity index (χ3v) is 9.26. The van der Waals surface area contributed by atoms with Gasteiger partial charge in [0.2, 0.25) is 0 Å². The molecule has 1 aromatic carbocycles. The molecule has 11 heteroatoms. The number of hydrogen-bond acceptors (Lipinski definition) is 7. The quantitative estimate of drug-likeness (QED) is 0.400. The molecule has 6 bridgehead atoms. The highest BCUT2D eigenvalue weighted by molar-refractivity contribution is 5.96. The molecule has 3 unspecified atom stereocenters. The molecule has 41 heavy (non-hydrogen) atoms. The average molecular weight is 565 g/mol. The normalized spacial score (nSPS) is 25.0. The Morgan fingerprint density at radius 3 is 2.56 bits per heavy atom. The Morgan fingerprint density at radius 2 is 1.93 bits per heavy atom. The number of benzene rings is 1. The number of amides is 1. The van der Waals surface area contributed by atoms with Crippen LogP contribution in [0, 0.1) is 18.8 Å². The van der Waals surface area contributed by atoms with Crippen LogP contribution in [0.25, 0.3) is 0 Å². The Balaban J connectivity index is 1.59. The van der Waals surface area contributed by atoms with Gasteiger partial charge in [0, 0.05) is 47.2 Å². The molecule has 0 spiro atoms. The van der Waals surface area contributed by atoms with Crippen LogP contribution in [0.1, 0.15) is 58.8 Å². The summed E-state index contributed by atoms with van der Waals surface area (Å²) in [4.78, 5) is 35.2. The summed E-state index contributed by atoms with van der Waals surface area (Å²) in [6, 6.07) is 5.80. The lowest BCUT2D eigenvalue weighted by Crippen LogP contribution is -2.50. The number of fused-ring (bicyclic) bond motifs is 2. The van der Waals surface area contributed by atoms with Gasteiger partial charge in [0.1, 0.15) is 24.0 Å². The summed E-state index contributed by atoms with van der Waals surface area (Å²) in [5.41, 5.74) is 1.66. The van der Waals surface area contributed by atoms with E-state index in [4.69, 9.17) is 5.11 Å². The number of nitrogens with zero attached hydrogens (tertiary/aromatic N) is 3. The van der Waals surface area contributed by atoms with Crippen LogP contribution in [0.3, 0.4) is 0 Å². The van der Waals surface area contributed by atoms with Crippen LogP contribution in [-0.2, 0) is 16.8 Å². The lowest BCUT2D eigenvalue weighted by Gasteiger charge is -2.51. The van der Waals surface area contributed by atoms with Crippen molar-refractivity contribution in [3.05, 3.63) is 81.5 Å². The largest absolute Gasteiger partial charge is 0.504 e. The Labute approximate surface area is 234 Å². The molecule has 1 fully saturated rings. The van der Waals surface area contributed by atoms with Crippen LogP contribution < -0.4 is 10.2 Å². The van der Waals surface area contributed by atoms with Gasteiger partial charge in [-0.1, -0.05) is 19.1 Å². The highest BCUT2D eigenvalue weighted by Crippen LogP contribution is 2.63. The van der Waals surface area contributed by atoms with Crippen molar-refractivity contribution >= 4 is 17.6 Å². The molecule has 9 rings (SSSR count). The predicted octanol–water partition coefficient (Wildman–Crippen LogP) is 3.72. The van der Waals surface area contributed by atoms with Crippen molar-refractivity contribution < 1.29 is 33.7 Å². The van der Waals surface area contributed by atoms with E-state index in [-0.39, 0.29) is 35.3 Å². The number of aromatic hydroxyl groups is 1. The fourth-order valence-corrected chi connectivity index (χ4v) is 7.50. The predicted molar refractivity (Wildman–Crippen MR) is 145 cm³/mol. The number of aliphatic hydroxyl groups excluding tert-OH is 1. The van der Waals surface area contributed by atoms with Crippen molar-refractivity contribution in [3.8, 4) is 5.75 Å². The number of aromatic nitrogens is 2. The number of nitrogens with one attached hydrogen (secondary N) is 1. The summed E-state index contributed by atoms with van der Waals surface area (Å²) >= 11 is 0. The summed E-state index contributed by atoms with van der Waals surface area (Å²) < 4.78 is 30.6. The van der Waals surface area contributed by atoms with Crippen molar-refractivity contribution in [3.63, 3.8) is 0 Å². The van der Waals surface area contributed by atoms with Gasteiger partial charge in [-0.05, 0) is 55.0 Å². The third-order valence-electron chi connectivity index (χ3n) is 9.26. The summed E-state index contributed by atoms with van der Waals surface area (Å²) in [5, 5.41) is 32.2. The van der Waals surface area contributed by atoms with Gasteiger partial charge in [-0.3, -0.25) is 9.59 Å². The molecule has 4 N–H and O–H groups in total. The van der Waals surface area contributed by atoms with Crippen LogP contribution in [0.15, 0.2) is 53.2 Å². The Kier molecular flexibility index (Phi) is 6.44. The standard InChI is InChI=1S/C30H30F2N4O5/c1-14(28-34-15(2)27(40)26(35-28)29(41)33-12-23(38)39)30(25-16-10-20(31)24(25)21(32)11-16)18-5-7-36(8-6-18)22-4-3-19(30)9-17(22)13-37/h3-4,9-11,14,18,25,37,40H,5-8,12-13H2,1-2H3,(H,33,41)(H,38,39). The topological polar surface area (TPSA) is 136 Å². The zero-order valence-electron chi connectivity index (χ0n) is 22.6. The maximum atomic E-state index is 15.3. The number of halogens is 2. The number of carbonyl (C=O) groups is 2. The Hall–Kier alpha value is -4.12.